The Morgan fingerprint density at radius 3 is 2.51 bits per heavy atom. The topological polar surface area (TPSA) is 133 Å². The van der Waals surface area contributed by atoms with E-state index in [0.717, 1.165) is 11.8 Å². The number of nitrogens with one attached hydrogen (secondary N) is 1. The van der Waals surface area contributed by atoms with Crippen LogP contribution in [0, 0.1) is 0 Å². The van der Waals surface area contributed by atoms with Crippen LogP contribution < -0.4 is 16.0 Å². The average Bonchev–Trinajstić information content (AvgIpc) is 2.83. The van der Waals surface area contributed by atoms with E-state index in [1.54, 1.807) is 50.5 Å². The maximum Gasteiger partial charge on any atom is 0.266 e. The third-order valence-electron chi connectivity index (χ3n) is 4.82. The number of sulfonamides is 1. The van der Waals surface area contributed by atoms with Gasteiger partial charge in [-0.3, -0.25) is 14.2 Å². The number of carbonyl (C=O) groups is 1. The van der Waals surface area contributed by atoms with E-state index >= 15 is 0 Å². The SMILES string of the molecule is C=CC(=CC=C(C)OC)n1c(SCC(=O)Nc2ccc(S(N)(=O)=O)cc2)nc2ccccc2c1=O. The van der Waals surface area contributed by atoms with E-state index in [4.69, 9.17) is 9.88 Å². The highest BCUT2D eigenvalue weighted by Crippen LogP contribution is 2.22. The summed E-state index contributed by atoms with van der Waals surface area (Å²) in [4.78, 5) is 30.4. The summed E-state index contributed by atoms with van der Waals surface area (Å²) in [7, 11) is -2.29. The summed E-state index contributed by atoms with van der Waals surface area (Å²) in [5.74, 6) is 0.207. The summed E-state index contributed by atoms with van der Waals surface area (Å²) in [6, 6.07) is 12.4. The number of nitrogens with two attached hydrogens (primary N) is 1. The van der Waals surface area contributed by atoms with Crippen molar-refractivity contribution in [1.29, 1.82) is 0 Å². The number of hydrogen-bond donors (Lipinski definition) is 2. The molecule has 3 N–H and O–H groups in total. The molecule has 0 unspecified atom stereocenters. The Kier molecular flexibility index (Phi) is 8.28. The number of thioether (sulfide) groups is 1. The summed E-state index contributed by atoms with van der Waals surface area (Å²) < 4.78 is 29.3. The molecule has 1 aromatic heterocycles. The molecule has 0 bridgehead atoms. The van der Waals surface area contributed by atoms with Crippen LogP contribution in [0.5, 0.6) is 0 Å². The third kappa shape index (κ3) is 6.47. The molecule has 11 heteroatoms. The number of hydrogen-bond acceptors (Lipinski definition) is 7. The lowest BCUT2D eigenvalue weighted by Crippen LogP contribution is -2.23. The molecular weight excluding hydrogens is 488 g/mol. The van der Waals surface area contributed by atoms with Gasteiger partial charge in [-0.2, -0.15) is 0 Å². The average molecular weight is 513 g/mol. The van der Waals surface area contributed by atoms with Gasteiger partial charge >= 0.3 is 0 Å². The van der Waals surface area contributed by atoms with Crippen molar-refractivity contribution in [3.63, 3.8) is 0 Å². The number of methoxy groups -OCH3 is 1. The number of rotatable bonds is 9. The molecule has 0 saturated heterocycles. The molecule has 1 amide bonds. The van der Waals surface area contributed by atoms with Gasteiger partial charge in [-0.1, -0.05) is 30.5 Å². The van der Waals surface area contributed by atoms with Gasteiger partial charge in [0.05, 0.1) is 40.1 Å². The zero-order valence-electron chi connectivity index (χ0n) is 19.1. The van der Waals surface area contributed by atoms with Crippen LogP contribution in [0.4, 0.5) is 5.69 Å². The van der Waals surface area contributed by atoms with E-state index < -0.39 is 10.0 Å². The zero-order valence-corrected chi connectivity index (χ0v) is 20.7. The fraction of sp³-hybridized carbons (Fsp3) is 0.125. The molecule has 0 spiro atoms. The molecule has 0 aliphatic carbocycles. The van der Waals surface area contributed by atoms with Crippen LogP contribution in [0.15, 0.2) is 93.9 Å². The summed E-state index contributed by atoms with van der Waals surface area (Å²) in [6.07, 6.45) is 4.90. The van der Waals surface area contributed by atoms with Crippen LogP contribution in [-0.4, -0.2) is 36.7 Å². The predicted octanol–water partition coefficient (Wildman–Crippen LogP) is 3.35. The monoisotopic (exact) mass is 512 g/mol. The van der Waals surface area contributed by atoms with Gasteiger partial charge in [-0.25, -0.2) is 18.5 Å². The Morgan fingerprint density at radius 2 is 1.89 bits per heavy atom. The smallest absolute Gasteiger partial charge is 0.266 e. The van der Waals surface area contributed by atoms with E-state index in [0.29, 0.717) is 33.2 Å². The summed E-state index contributed by atoms with van der Waals surface area (Å²) in [6.45, 7) is 5.58. The number of amides is 1. The minimum absolute atomic E-state index is 0.0565. The normalized spacial score (nSPS) is 12.4. The molecule has 9 nitrogen and oxygen atoms in total. The number of primary sulfonamides is 1. The van der Waals surface area contributed by atoms with E-state index in [1.165, 1.54) is 34.9 Å². The lowest BCUT2D eigenvalue weighted by molar-refractivity contribution is -0.113. The van der Waals surface area contributed by atoms with Crippen molar-refractivity contribution in [1.82, 2.24) is 9.55 Å². The number of aromatic nitrogens is 2. The first-order valence-electron chi connectivity index (χ1n) is 10.3. The van der Waals surface area contributed by atoms with Crippen molar-refractivity contribution in [3.8, 4) is 0 Å². The van der Waals surface area contributed by atoms with Crippen molar-refractivity contribution in [3.05, 3.63) is 89.5 Å². The van der Waals surface area contributed by atoms with Crippen molar-refractivity contribution in [2.45, 2.75) is 17.0 Å². The first kappa shape index (κ1) is 25.9. The summed E-state index contributed by atoms with van der Waals surface area (Å²) in [5.41, 5.74) is 1.07. The van der Waals surface area contributed by atoms with Crippen LogP contribution in [0.1, 0.15) is 6.92 Å². The second-order valence-electron chi connectivity index (χ2n) is 7.24. The van der Waals surface area contributed by atoms with Gasteiger partial charge in [0.1, 0.15) is 0 Å². The Bertz CT molecular complexity index is 1490. The molecule has 1 heterocycles. The number of benzene rings is 2. The van der Waals surface area contributed by atoms with Crippen molar-refractivity contribution in [2.75, 3.05) is 18.2 Å². The number of para-hydroxylation sites is 1. The number of anilines is 1. The quantitative estimate of drug-likeness (QED) is 0.194. The Hall–Kier alpha value is -3.67. The van der Waals surface area contributed by atoms with E-state index in [-0.39, 0.29) is 22.1 Å². The summed E-state index contributed by atoms with van der Waals surface area (Å²) in [5, 5.41) is 8.51. The number of nitrogens with zero attached hydrogens (tertiary/aromatic N) is 2. The van der Waals surface area contributed by atoms with E-state index in [1.807, 2.05) is 0 Å². The standard InChI is InChI=1S/C24H24N4O5S2/c1-4-18(12-9-16(2)33-3)28-23(30)20-7-5-6-8-21(20)27-24(28)34-15-22(29)26-17-10-13-19(14-11-17)35(25,31)32/h4-14H,1,15H2,2-3H3,(H,26,29)(H2,25,31,32). The minimum atomic E-state index is -3.83. The molecule has 0 radical (unpaired) electrons. The van der Waals surface area contributed by atoms with Gasteiger partial charge in [0, 0.05) is 5.69 Å². The van der Waals surface area contributed by atoms with E-state index in [2.05, 4.69) is 16.9 Å². The van der Waals surface area contributed by atoms with Crippen LogP contribution in [0.2, 0.25) is 0 Å². The molecule has 2 aromatic carbocycles. The minimum Gasteiger partial charge on any atom is -0.501 e. The van der Waals surface area contributed by atoms with Crippen molar-refractivity contribution >= 4 is 50.0 Å². The second-order valence-corrected chi connectivity index (χ2v) is 9.74. The van der Waals surface area contributed by atoms with Gasteiger partial charge in [0.2, 0.25) is 15.9 Å². The molecule has 0 saturated carbocycles. The van der Waals surface area contributed by atoms with Gasteiger partial charge in [0.25, 0.3) is 5.56 Å². The number of allylic oxidation sites excluding steroid dienone is 5. The zero-order chi connectivity index (χ0) is 25.6. The first-order chi connectivity index (χ1) is 16.6. The van der Waals surface area contributed by atoms with E-state index in [9.17, 15) is 18.0 Å². The van der Waals surface area contributed by atoms with Gasteiger partial charge in [0.15, 0.2) is 5.16 Å². The first-order valence-corrected chi connectivity index (χ1v) is 12.8. The Morgan fingerprint density at radius 1 is 1.20 bits per heavy atom. The molecule has 0 atom stereocenters. The van der Waals surface area contributed by atoms with Crippen LogP contribution >= 0.6 is 11.8 Å². The fourth-order valence-electron chi connectivity index (χ4n) is 3.00. The fourth-order valence-corrected chi connectivity index (χ4v) is 4.32. The molecule has 0 fully saturated rings. The van der Waals surface area contributed by atoms with Gasteiger partial charge in [-0.05, 0) is 61.5 Å². The van der Waals surface area contributed by atoms with Crippen LogP contribution in [0.25, 0.3) is 16.6 Å². The number of carbonyl (C=O) groups excluding carboxylic acids is 1. The van der Waals surface area contributed by atoms with Crippen molar-refractivity contribution < 1.29 is 17.9 Å². The molecule has 35 heavy (non-hydrogen) atoms. The number of fused-ring (bicyclic) bond motifs is 1. The molecule has 0 aliphatic heterocycles. The third-order valence-corrected chi connectivity index (χ3v) is 6.69. The molecule has 3 aromatic rings. The Labute approximate surface area is 207 Å². The number of ether oxygens (including phenoxy) is 1. The molecule has 0 aliphatic rings. The molecule has 182 valence electrons. The highest BCUT2D eigenvalue weighted by molar-refractivity contribution is 7.99. The largest absolute Gasteiger partial charge is 0.501 e. The highest BCUT2D eigenvalue weighted by atomic mass is 32.2. The van der Waals surface area contributed by atoms with Crippen LogP contribution in [-0.2, 0) is 19.6 Å². The van der Waals surface area contributed by atoms with Crippen molar-refractivity contribution in [2.24, 2.45) is 5.14 Å². The van der Waals surface area contributed by atoms with Gasteiger partial charge < -0.3 is 10.1 Å². The lowest BCUT2D eigenvalue weighted by Gasteiger charge is -2.14. The summed E-state index contributed by atoms with van der Waals surface area (Å²) >= 11 is 1.08. The highest BCUT2D eigenvalue weighted by Gasteiger charge is 2.15. The maximum absolute atomic E-state index is 13.3. The predicted molar refractivity (Wildman–Crippen MR) is 138 cm³/mol. The molecular formula is C24H24N4O5S2. The van der Waals surface area contributed by atoms with Gasteiger partial charge in [-0.15, -0.1) is 0 Å². The second kappa shape index (κ2) is 11.2. The van der Waals surface area contributed by atoms with Crippen LogP contribution in [0.3, 0.4) is 0 Å². The molecule has 3 rings (SSSR count). The lowest BCUT2D eigenvalue weighted by atomic mass is 10.2. The maximum atomic E-state index is 13.3. The Balaban J connectivity index is 1.91.